The SMILES string of the molecule is COc1c(N(C)CCC(=O)O)nc[nH]c1=O. The summed E-state index contributed by atoms with van der Waals surface area (Å²) in [7, 11) is 3.01. The van der Waals surface area contributed by atoms with Gasteiger partial charge in [-0.1, -0.05) is 0 Å². The van der Waals surface area contributed by atoms with Gasteiger partial charge in [0.25, 0.3) is 5.56 Å². The number of carbonyl (C=O) groups is 1. The molecular formula is C9H13N3O4. The Balaban J connectivity index is 2.90. The molecule has 0 saturated heterocycles. The maximum Gasteiger partial charge on any atom is 0.305 e. The van der Waals surface area contributed by atoms with E-state index in [4.69, 9.17) is 9.84 Å². The number of H-pyrrole nitrogens is 1. The van der Waals surface area contributed by atoms with Crippen LogP contribution in [0, 0.1) is 0 Å². The maximum absolute atomic E-state index is 11.4. The molecular weight excluding hydrogens is 214 g/mol. The summed E-state index contributed by atoms with van der Waals surface area (Å²) in [6.07, 6.45) is 1.21. The summed E-state index contributed by atoms with van der Waals surface area (Å²) in [5.41, 5.74) is -0.394. The van der Waals surface area contributed by atoms with Crippen LogP contribution in [0.25, 0.3) is 0 Å². The fraction of sp³-hybridized carbons (Fsp3) is 0.444. The van der Waals surface area contributed by atoms with Gasteiger partial charge in [0, 0.05) is 13.6 Å². The number of ether oxygens (including phenoxy) is 1. The van der Waals surface area contributed by atoms with Gasteiger partial charge in [-0.25, -0.2) is 4.98 Å². The molecule has 2 N–H and O–H groups in total. The maximum atomic E-state index is 11.4. The number of hydrogen-bond acceptors (Lipinski definition) is 5. The third-order valence-corrected chi connectivity index (χ3v) is 2.02. The van der Waals surface area contributed by atoms with Crippen LogP contribution in [0.1, 0.15) is 6.42 Å². The molecule has 0 aromatic carbocycles. The largest absolute Gasteiger partial charge is 0.489 e. The van der Waals surface area contributed by atoms with E-state index in [1.54, 1.807) is 11.9 Å². The van der Waals surface area contributed by atoms with E-state index in [1.165, 1.54) is 13.4 Å². The monoisotopic (exact) mass is 227 g/mol. The third kappa shape index (κ3) is 2.72. The molecule has 88 valence electrons. The van der Waals surface area contributed by atoms with E-state index < -0.39 is 11.5 Å². The van der Waals surface area contributed by atoms with Crippen molar-refractivity contribution in [3.05, 3.63) is 16.7 Å². The first kappa shape index (κ1) is 12.0. The highest BCUT2D eigenvalue weighted by Gasteiger charge is 2.13. The Kier molecular flexibility index (Phi) is 3.87. The number of carboxylic acids is 1. The van der Waals surface area contributed by atoms with E-state index in [-0.39, 0.29) is 18.7 Å². The van der Waals surface area contributed by atoms with Gasteiger partial charge >= 0.3 is 5.97 Å². The third-order valence-electron chi connectivity index (χ3n) is 2.02. The molecule has 0 aliphatic rings. The lowest BCUT2D eigenvalue weighted by Crippen LogP contribution is -2.25. The molecule has 1 aromatic heterocycles. The fourth-order valence-electron chi connectivity index (χ4n) is 1.20. The minimum Gasteiger partial charge on any atom is -0.489 e. The van der Waals surface area contributed by atoms with Gasteiger partial charge in [-0.3, -0.25) is 9.59 Å². The minimum atomic E-state index is -0.907. The molecule has 1 heterocycles. The smallest absolute Gasteiger partial charge is 0.305 e. The molecule has 0 spiro atoms. The highest BCUT2D eigenvalue weighted by molar-refractivity contribution is 5.67. The van der Waals surface area contributed by atoms with Gasteiger partial charge in [-0.15, -0.1) is 0 Å². The Morgan fingerprint density at radius 3 is 2.94 bits per heavy atom. The van der Waals surface area contributed by atoms with Crippen LogP contribution in [-0.4, -0.2) is 41.7 Å². The normalized spacial score (nSPS) is 9.88. The Labute approximate surface area is 91.7 Å². The lowest BCUT2D eigenvalue weighted by Gasteiger charge is -2.18. The number of methoxy groups -OCH3 is 1. The number of aromatic nitrogens is 2. The van der Waals surface area contributed by atoms with Gasteiger partial charge in [0.05, 0.1) is 19.9 Å². The Hall–Kier alpha value is -2.05. The van der Waals surface area contributed by atoms with E-state index in [1.807, 2.05) is 0 Å². The van der Waals surface area contributed by atoms with Gasteiger partial charge in [0.2, 0.25) is 5.75 Å². The van der Waals surface area contributed by atoms with E-state index >= 15 is 0 Å². The predicted molar refractivity (Wildman–Crippen MR) is 56.9 cm³/mol. The van der Waals surface area contributed by atoms with E-state index in [2.05, 4.69) is 9.97 Å². The zero-order valence-electron chi connectivity index (χ0n) is 9.06. The summed E-state index contributed by atoms with van der Waals surface area (Å²) in [5, 5.41) is 8.54. The van der Waals surface area contributed by atoms with Gasteiger partial charge in [0.15, 0.2) is 5.82 Å². The van der Waals surface area contributed by atoms with Crippen LogP contribution in [0.4, 0.5) is 5.82 Å². The van der Waals surface area contributed by atoms with Crippen LogP contribution in [-0.2, 0) is 4.79 Å². The molecule has 0 aliphatic heterocycles. The fourth-order valence-corrected chi connectivity index (χ4v) is 1.20. The van der Waals surface area contributed by atoms with E-state index in [9.17, 15) is 9.59 Å². The molecule has 0 atom stereocenters. The average molecular weight is 227 g/mol. The number of nitrogens with one attached hydrogen (secondary N) is 1. The van der Waals surface area contributed by atoms with Gasteiger partial charge in [0.1, 0.15) is 0 Å². The van der Waals surface area contributed by atoms with Crippen molar-refractivity contribution in [3.8, 4) is 5.75 Å². The van der Waals surface area contributed by atoms with Gasteiger partial charge in [-0.05, 0) is 0 Å². The Bertz CT molecular complexity index is 429. The molecule has 1 aromatic rings. The number of nitrogens with zero attached hydrogens (tertiary/aromatic N) is 2. The topological polar surface area (TPSA) is 95.5 Å². The first-order valence-electron chi connectivity index (χ1n) is 4.61. The highest BCUT2D eigenvalue weighted by atomic mass is 16.5. The van der Waals surface area contributed by atoms with E-state index in [0.717, 1.165) is 0 Å². The number of rotatable bonds is 5. The van der Waals surface area contributed by atoms with Crippen molar-refractivity contribution < 1.29 is 14.6 Å². The second kappa shape index (κ2) is 5.15. The van der Waals surface area contributed by atoms with Crippen molar-refractivity contribution in [1.29, 1.82) is 0 Å². The zero-order valence-corrected chi connectivity index (χ0v) is 9.06. The van der Waals surface area contributed by atoms with Crippen LogP contribution < -0.4 is 15.2 Å². The number of hydrogen-bond donors (Lipinski definition) is 2. The second-order valence-electron chi connectivity index (χ2n) is 3.15. The van der Waals surface area contributed by atoms with Crippen LogP contribution >= 0.6 is 0 Å². The number of anilines is 1. The second-order valence-corrected chi connectivity index (χ2v) is 3.15. The van der Waals surface area contributed by atoms with Crippen LogP contribution in [0.15, 0.2) is 11.1 Å². The average Bonchev–Trinajstić information content (AvgIpc) is 2.25. The summed E-state index contributed by atoms with van der Waals surface area (Å²) in [5.74, 6) is -0.501. The lowest BCUT2D eigenvalue weighted by molar-refractivity contribution is -0.136. The van der Waals surface area contributed by atoms with Crippen LogP contribution in [0.3, 0.4) is 0 Å². The first-order valence-corrected chi connectivity index (χ1v) is 4.61. The lowest BCUT2D eigenvalue weighted by atomic mass is 10.4. The standard InChI is InChI=1S/C9H13N3O4/c1-12(4-3-6(13)14)8-7(16-2)9(15)11-5-10-8/h5H,3-4H2,1-2H3,(H,13,14)(H,10,11,15). The van der Waals surface area contributed by atoms with Gasteiger partial charge in [-0.2, -0.15) is 0 Å². The first-order chi connectivity index (χ1) is 7.56. The molecule has 7 nitrogen and oxygen atoms in total. The number of aromatic amines is 1. The molecule has 0 unspecified atom stereocenters. The summed E-state index contributed by atoms with van der Waals surface area (Å²) in [6, 6.07) is 0. The van der Waals surface area contributed by atoms with Crippen molar-refractivity contribution in [3.63, 3.8) is 0 Å². The quantitative estimate of drug-likeness (QED) is 0.716. The van der Waals surface area contributed by atoms with Crippen molar-refractivity contribution in [2.24, 2.45) is 0 Å². The highest BCUT2D eigenvalue weighted by Crippen LogP contribution is 2.18. The molecule has 1 rings (SSSR count). The molecule has 0 amide bonds. The summed E-state index contributed by atoms with van der Waals surface area (Å²) in [6.45, 7) is 0.252. The van der Waals surface area contributed by atoms with Crippen LogP contribution in [0.2, 0.25) is 0 Å². The molecule has 0 radical (unpaired) electrons. The number of aliphatic carboxylic acids is 1. The molecule has 0 saturated carbocycles. The van der Waals surface area contributed by atoms with E-state index in [0.29, 0.717) is 5.82 Å². The van der Waals surface area contributed by atoms with Crippen molar-refractivity contribution in [2.75, 3.05) is 25.6 Å². The number of carboxylic acid groups (broad SMARTS) is 1. The van der Waals surface area contributed by atoms with Gasteiger partial charge < -0.3 is 19.7 Å². The summed E-state index contributed by atoms with van der Waals surface area (Å²) in [4.78, 5) is 29.6. The van der Waals surface area contributed by atoms with Crippen molar-refractivity contribution >= 4 is 11.8 Å². The molecule has 7 heteroatoms. The molecule has 16 heavy (non-hydrogen) atoms. The Morgan fingerprint density at radius 2 is 2.38 bits per heavy atom. The van der Waals surface area contributed by atoms with Crippen molar-refractivity contribution in [2.45, 2.75) is 6.42 Å². The van der Waals surface area contributed by atoms with Crippen molar-refractivity contribution in [1.82, 2.24) is 9.97 Å². The molecule has 0 fully saturated rings. The molecule has 0 aliphatic carbocycles. The predicted octanol–water partition coefficient (Wildman–Crippen LogP) is -0.311. The summed E-state index contributed by atoms with van der Waals surface area (Å²) >= 11 is 0. The summed E-state index contributed by atoms with van der Waals surface area (Å²) < 4.78 is 4.91. The zero-order chi connectivity index (χ0) is 12.1. The molecule has 0 bridgehead atoms. The van der Waals surface area contributed by atoms with Crippen LogP contribution in [0.5, 0.6) is 5.75 Å². The Morgan fingerprint density at radius 1 is 1.69 bits per heavy atom. The minimum absolute atomic E-state index is 0.0336.